The number of rotatable bonds is 4. The van der Waals surface area contributed by atoms with Gasteiger partial charge >= 0.3 is 0 Å². The van der Waals surface area contributed by atoms with Crippen molar-refractivity contribution in [3.8, 4) is 0 Å². The van der Waals surface area contributed by atoms with Crippen LogP contribution in [-0.4, -0.2) is 16.5 Å². The zero-order chi connectivity index (χ0) is 14.7. The summed E-state index contributed by atoms with van der Waals surface area (Å²) in [5, 5.41) is 0. The van der Waals surface area contributed by atoms with E-state index in [-0.39, 0.29) is 0 Å². The van der Waals surface area contributed by atoms with Crippen LogP contribution in [0.3, 0.4) is 0 Å². The SMILES string of the molecule is CCc1nc(N)c(C)c(N(CC)c2cccc(C)c2)n1. The summed E-state index contributed by atoms with van der Waals surface area (Å²) in [5.74, 6) is 2.26. The van der Waals surface area contributed by atoms with Gasteiger partial charge in [0.15, 0.2) is 0 Å². The number of aromatic nitrogens is 2. The molecule has 0 aliphatic carbocycles. The van der Waals surface area contributed by atoms with E-state index < -0.39 is 0 Å². The van der Waals surface area contributed by atoms with Crippen molar-refractivity contribution in [3.05, 3.63) is 41.2 Å². The van der Waals surface area contributed by atoms with E-state index in [1.807, 2.05) is 13.8 Å². The van der Waals surface area contributed by atoms with Crippen molar-refractivity contribution in [2.24, 2.45) is 0 Å². The molecule has 2 rings (SSSR count). The van der Waals surface area contributed by atoms with Crippen LogP contribution in [0.4, 0.5) is 17.3 Å². The standard InChI is InChI=1S/C16H22N4/c1-5-14-18-15(17)12(4)16(19-14)20(6-2)13-9-7-8-11(3)10-13/h7-10H,5-6H2,1-4H3,(H2,17,18,19). The Morgan fingerprint density at radius 2 is 1.90 bits per heavy atom. The molecule has 0 saturated carbocycles. The normalized spacial score (nSPS) is 10.6. The molecular weight excluding hydrogens is 248 g/mol. The average molecular weight is 270 g/mol. The number of hydrogen-bond acceptors (Lipinski definition) is 4. The first-order valence-corrected chi connectivity index (χ1v) is 7.04. The summed E-state index contributed by atoms with van der Waals surface area (Å²) in [5.41, 5.74) is 9.32. The van der Waals surface area contributed by atoms with Crippen molar-refractivity contribution in [2.75, 3.05) is 17.2 Å². The molecule has 0 aliphatic rings. The number of nitrogen functional groups attached to an aromatic ring is 1. The second kappa shape index (κ2) is 5.90. The van der Waals surface area contributed by atoms with Gasteiger partial charge in [0.25, 0.3) is 0 Å². The fraction of sp³-hybridized carbons (Fsp3) is 0.375. The van der Waals surface area contributed by atoms with E-state index in [1.54, 1.807) is 0 Å². The summed E-state index contributed by atoms with van der Waals surface area (Å²) in [6, 6.07) is 8.41. The van der Waals surface area contributed by atoms with E-state index in [0.29, 0.717) is 5.82 Å². The first-order chi connectivity index (χ1) is 9.56. The van der Waals surface area contributed by atoms with Crippen molar-refractivity contribution in [2.45, 2.75) is 34.1 Å². The molecule has 0 bridgehead atoms. The summed E-state index contributed by atoms with van der Waals surface area (Å²) < 4.78 is 0. The maximum Gasteiger partial charge on any atom is 0.141 e. The Labute approximate surface area is 120 Å². The van der Waals surface area contributed by atoms with E-state index >= 15 is 0 Å². The second-order valence-corrected chi connectivity index (χ2v) is 4.91. The van der Waals surface area contributed by atoms with Gasteiger partial charge in [-0.2, -0.15) is 0 Å². The number of anilines is 3. The Kier molecular flexibility index (Phi) is 4.23. The van der Waals surface area contributed by atoms with Gasteiger partial charge in [-0.25, -0.2) is 9.97 Å². The lowest BCUT2D eigenvalue weighted by Gasteiger charge is -2.25. The molecule has 20 heavy (non-hydrogen) atoms. The van der Waals surface area contributed by atoms with Gasteiger partial charge in [-0.3, -0.25) is 0 Å². The van der Waals surface area contributed by atoms with Crippen LogP contribution >= 0.6 is 0 Å². The van der Waals surface area contributed by atoms with Gasteiger partial charge in [0.1, 0.15) is 17.5 Å². The number of benzene rings is 1. The van der Waals surface area contributed by atoms with Crippen molar-refractivity contribution in [1.82, 2.24) is 9.97 Å². The van der Waals surface area contributed by atoms with Crippen LogP contribution < -0.4 is 10.6 Å². The van der Waals surface area contributed by atoms with Gasteiger partial charge in [-0.05, 0) is 38.5 Å². The molecule has 1 aromatic heterocycles. The van der Waals surface area contributed by atoms with Gasteiger partial charge in [0.05, 0.1) is 0 Å². The summed E-state index contributed by atoms with van der Waals surface area (Å²) in [7, 11) is 0. The predicted octanol–water partition coefficient (Wildman–Crippen LogP) is 3.40. The molecule has 0 amide bonds. The third kappa shape index (κ3) is 2.74. The molecule has 0 atom stereocenters. The highest BCUT2D eigenvalue weighted by atomic mass is 15.2. The van der Waals surface area contributed by atoms with E-state index in [2.05, 4.69) is 53.0 Å². The van der Waals surface area contributed by atoms with E-state index in [9.17, 15) is 0 Å². The van der Waals surface area contributed by atoms with Crippen LogP contribution in [0.2, 0.25) is 0 Å². The molecule has 106 valence electrons. The molecule has 1 heterocycles. The minimum atomic E-state index is 0.568. The van der Waals surface area contributed by atoms with Crippen LogP contribution in [-0.2, 0) is 6.42 Å². The van der Waals surface area contributed by atoms with Gasteiger partial charge in [0, 0.05) is 24.2 Å². The van der Waals surface area contributed by atoms with E-state index in [1.165, 1.54) is 5.56 Å². The van der Waals surface area contributed by atoms with Crippen molar-refractivity contribution >= 4 is 17.3 Å². The lowest BCUT2D eigenvalue weighted by molar-refractivity contribution is 0.896. The molecule has 0 unspecified atom stereocenters. The second-order valence-electron chi connectivity index (χ2n) is 4.91. The van der Waals surface area contributed by atoms with Crippen LogP contribution in [0.25, 0.3) is 0 Å². The molecule has 1 aromatic carbocycles. The molecule has 0 spiro atoms. The monoisotopic (exact) mass is 270 g/mol. The number of hydrogen-bond donors (Lipinski definition) is 1. The summed E-state index contributed by atoms with van der Waals surface area (Å²) in [6.45, 7) is 9.06. The fourth-order valence-electron chi connectivity index (χ4n) is 2.24. The molecule has 0 radical (unpaired) electrons. The maximum atomic E-state index is 6.02. The largest absolute Gasteiger partial charge is 0.383 e. The average Bonchev–Trinajstić information content (AvgIpc) is 2.44. The third-order valence-corrected chi connectivity index (χ3v) is 3.41. The minimum Gasteiger partial charge on any atom is -0.383 e. The highest BCUT2D eigenvalue weighted by Crippen LogP contribution is 2.29. The summed E-state index contributed by atoms with van der Waals surface area (Å²) in [6.07, 6.45) is 0.781. The smallest absolute Gasteiger partial charge is 0.141 e. The van der Waals surface area contributed by atoms with Crippen molar-refractivity contribution in [3.63, 3.8) is 0 Å². The van der Waals surface area contributed by atoms with Gasteiger partial charge < -0.3 is 10.6 Å². The molecule has 4 heteroatoms. The van der Waals surface area contributed by atoms with E-state index in [4.69, 9.17) is 5.73 Å². The summed E-state index contributed by atoms with van der Waals surface area (Å²) in [4.78, 5) is 11.2. The molecule has 4 nitrogen and oxygen atoms in total. The predicted molar refractivity (Wildman–Crippen MR) is 84.4 cm³/mol. The van der Waals surface area contributed by atoms with Gasteiger partial charge in [0.2, 0.25) is 0 Å². The quantitative estimate of drug-likeness (QED) is 0.925. The zero-order valence-electron chi connectivity index (χ0n) is 12.6. The van der Waals surface area contributed by atoms with Crippen molar-refractivity contribution < 1.29 is 0 Å². The number of nitrogens with zero attached hydrogens (tertiary/aromatic N) is 3. The van der Waals surface area contributed by atoms with Crippen LogP contribution in [0.5, 0.6) is 0 Å². The third-order valence-electron chi connectivity index (χ3n) is 3.41. The van der Waals surface area contributed by atoms with Crippen LogP contribution in [0.1, 0.15) is 30.8 Å². The summed E-state index contributed by atoms with van der Waals surface area (Å²) >= 11 is 0. The fourth-order valence-corrected chi connectivity index (χ4v) is 2.24. The topological polar surface area (TPSA) is 55.0 Å². The first kappa shape index (κ1) is 14.3. The van der Waals surface area contributed by atoms with Crippen LogP contribution in [0, 0.1) is 13.8 Å². The molecule has 2 aromatic rings. The molecule has 0 aliphatic heterocycles. The first-order valence-electron chi connectivity index (χ1n) is 7.04. The lowest BCUT2D eigenvalue weighted by Crippen LogP contribution is -2.20. The van der Waals surface area contributed by atoms with E-state index in [0.717, 1.165) is 35.9 Å². The molecule has 0 saturated heterocycles. The maximum absolute atomic E-state index is 6.02. The van der Waals surface area contributed by atoms with Crippen molar-refractivity contribution in [1.29, 1.82) is 0 Å². The number of aryl methyl sites for hydroxylation is 2. The Morgan fingerprint density at radius 1 is 1.15 bits per heavy atom. The number of nitrogens with two attached hydrogens (primary N) is 1. The molecular formula is C16H22N4. The Hall–Kier alpha value is -2.10. The lowest BCUT2D eigenvalue weighted by atomic mass is 10.2. The Morgan fingerprint density at radius 3 is 2.50 bits per heavy atom. The highest BCUT2D eigenvalue weighted by Gasteiger charge is 2.15. The zero-order valence-corrected chi connectivity index (χ0v) is 12.6. The minimum absolute atomic E-state index is 0.568. The molecule has 2 N–H and O–H groups in total. The Bertz CT molecular complexity index is 607. The molecule has 0 fully saturated rings. The van der Waals surface area contributed by atoms with Crippen LogP contribution in [0.15, 0.2) is 24.3 Å². The Balaban J connectivity index is 2.54. The van der Waals surface area contributed by atoms with Gasteiger partial charge in [-0.1, -0.05) is 19.1 Å². The van der Waals surface area contributed by atoms with Gasteiger partial charge in [-0.15, -0.1) is 0 Å². The highest BCUT2D eigenvalue weighted by molar-refractivity contribution is 5.66.